The van der Waals surface area contributed by atoms with Crippen molar-refractivity contribution in [1.29, 1.82) is 0 Å². The van der Waals surface area contributed by atoms with Gasteiger partial charge in [-0.15, -0.1) is 24.0 Å². The Kier molecular flexibility index (Phi) is 10.3. The summed E-state index contributed by atoms with van der Waals surface area (Å²) in [6.07, 6.45) is 2.39. The molecule has 1 aliphatic heterocycles. The molecule has 1 aliphatic rings. The fraction of sp³-hybridized carbons (Fsp3) is 0.650. The summed E-state index contributed by atoms with van der Waals surface area (Å²) < 4.78 is 6.02. The maximum absolute atomic E-state index is 6.02. The fourth-order valence-electron chi connectivity index (χ4n) is 3.14. The third kappa shape index (κ3) is 7.31. The minimum absolute atomic E-state index is 0. The van der Waals surface area contributed by atoms with E-state index in [4.69, 9.17) is 4.74 Å². The van der Waals surface area contributed by atoms with Crippen molar-refractivity contribution in [3.63, 3.8) is 0 Å². The Labute approximate surface area is 176 Å². The van der Waals surface area contributed by atoms with E-state index in [2.05, 4.69) is 54.3 Å². The normalized spacial score (nSPS) is 17.5. The Morgan fingerprint density at radius 3 is 2.46 bits per heavy atom. The number of aliphatic imine (C=N–C) groups is 1. The van der Waals surface area contributed by atoms with Gasteiger partial charge in [0.15, 0.2) is 5.96 Å². The second kappa shape index (κ2) is 11.6. The van der Waals surface area contributed by atoms with Gasteiger partial charge in [0, 0.05) is 32.2 Å². The SMILES string of the molecule is CN=C(NCC(C)Oc1ccccc1C)NC1CCN(C(C)C)CC1.I. The van der Waals surface area contributed by atoms with Crippen LogP contribution in [0, 0.1) is 6.92 Å². The third-order valence-corrected chi connectivity index (χ3v) is 4.80. The topological polar surface area (TPSA) is 48.9 Å². The molecule has 2 N–H and O–H groups in total. The molecule has 0 aliphatic carbocycles. The lowest BCUT2D eigenvalue weighted by Gasteiger charge is -2.35. The van der Waals surface area contributed by atoms with Gasteiger partial charge in [-0.05, 0) is 52.2 Å². The second-order valence-corrected chi connectivity index (χ2v) is 7.20. The van der Waals surface area contributed by atoms with E-state index in [-0.39, 0.29) is 30.1 Å². The van der Waals surface area contributed by atoms with Crippen molar-refractivity contribution >= 4 is 29.9 Å². The zero-order valence-corrected chi connectivity index (χ0v) is 19.1. The van der Waals surface area contributed by atoms with Crippen molar-refractivity contribution in [1.82, 2.24) is 15.5 Å². The Hall–Kier alpha value is -1.02. The number of benzene rings is 1. The molecule has 6 heteroatoms. The van der Waals surface area contributed by atoms with Crippen LogP contribution in [-0.2, 0) is 0 Å². The van der Waals surface area contributed by atoms with Gasteiger partial charge in [0.05, 0.1) is 6.54 Å². The number of hydrogen-bond acceptors (Lipinski definition) is 3. The van der Waals surface area contributed by atoms with E-state index in [0.29, 0.717) is 12.1 Å². The van der Waals surface area contributed by atoms with Gasteiger partial charge >= 0.3 is 0 Å². The lowest BCUT2D eigenvalue weighted by Crippen LogP contribution is -2.50. The summed E-state index contributed by atoms with van der Waals surface area (Å²) in [4.78, 5) is 6.89. The molecule has 1 saturated heterocycles. The summed E-state index contributed by atoms with van der Waals surface area (Å²) in [5, 5.41) is 6.94. The van der Waals surface area contributed by atoms with Crippen molar-refractivity contribution in [3.05, 3.63) is 29.8 Å². The largest absolute Gasteiger partial charge is 0.489 e. The van der Waals surface area contributed by atoms with Crippen LogP contribution >= 0.6 is 24.0 Å². The number of nitrogens with zero attached hydrogens (tertiary/aromatic N) is 2. The molecule has 0 saturated carbocycles. The predicted octanol–water partition coefficient (Wildman–Crippen LogP) is 3.42. The zero-order valence-electron chi connectivity index (χ0n) is 16.8. The van der Waals surface area contributed by atoms with Gasteiger partial charge in [0.25, 0.3) is 0 Å². The van der Waals surface area contributed by atoms with Gasteiger partial charge in [-0.3, -0.25) is 4.99 Å². The Morgan fingerprint density at radius 2 is 1.88 bits per heavy atom. The second-order valence-electron chi connectivity index (χ2n) is 7.20. The average molecular weight is 474 g/mol. The van der Waals surface area contributed by atoms with E-state index >= 15 is 0 Å². The highest BCUT2D eigenvalue weighted by atomic mass is 127. The highest BCUT2D eigenvalue weighted by molar-refractivity contribution is 14.0. The van der Waals surface area contributed by atoms with Crippen LogP contribution in [0.2, 0.25) is 0 Å². The molecule has 0 aromatic heterocycles. The van der Waals surface area contributed by atoms with Gasteiger partial charge in [0.2, 0.25) is 0 Å². The first-order chi connectivity index (χ1) is 12.0. The van der Waals surface area contributed by atoms with E-state index in [1.807, 2.05) is 25.2 Å². The molecule has 0 bridgehead atoms. The summed E-state index contributed by atoms with van der Waals surface area (Å²) in [5.41, 5.74) is 1.16. The van der Waals surface area contributed by atoms with Gasteiger partial charge in [-0.2, -0.15) is 0 Å². The molecule has 1 atom stereocenters. The first kappa shape index (κ1) is 23.0. The van der Waals surface area contributed by atoms with Crippen molar-refractivity contribution in [2.75, 3.05) is 26.7 Å². The lowest BCUT2D eigenvalue weighted by molar-refractivity contribution is 0.167. The summed E-state index contributed by atoms with van der Waals surface area (Å²) in [5.74, 6) is 1.81. The molecule has 5 nitrogen and oxygen atoms in total. The third-order valence-electron chi connectivity index (χ3n) is 4.80. The van der Waals surface area contributed by atoms with Crippen LogP contribution in [0.5, 0.6) is 5.75 Å². The molecular formula is C20H35IN4O. The van der Waals surface area contributed by atoms with Gasteiger partial charge < -0.3 is 20.3 Å². The quantitative estimate of drug-likeness (QED) is 0.377. The molecule has 1 fully saturated rings. The number of guanidine groups is 1. The number of aryl methyl sites for hydroxylation is 1. The van der Waals surface area contributed by atoms with E-state index < -0.39 is 0 Å². The van der Waals surface area contributed by atoms with Crippen LogP contribution in [0.25, 0.3) is 0 Å². The van der Waals surface area contributed by atoms with E-state index in [9.17, 15) is 0 Å². The van der Waals surface area contributed by atoms with Gasteiger partial charge in [-0.1, -0.05) is 18.2 Å². The number of hydrogen-bond donors (Lipinski definition) is 2. The molecule has 0 spiro atoms. The molecule has 1 aromatic carbocycles. The van der Waals surface area contributed by atoms with Crippen LogP contribution < -0.4 is 15.4 Å². The number of piperidine rings is 1. The zero-order chi connectivity index (χ0) is 18.2. The van der Waals surface area contributed by atoms with Crippen LogP contribution in [-0.4, -0.2) is 55.7 Å². The number of ether oxygens (including phenoxy) is 1. The first-order valence-electron chi connectivity index (χ1n) is 9.43. The Balaban J connectivity index is 0.00000338. The van der Waals surface area contributed by atoms with Crippen molar-refractivity contribution in [2.45, 2.75) is 58.7 Å². The van der Waals surface area contributed by atoms with Crippen molar-refractivity contribution in [2.24, 2.45) is 4.99 Å². The molecule has 1 unspecified atom stereocenters. The average Bonchev–Trinajstić information content (AvgIpc) is 2.61. The molecule has 26 heavy (non-hydrogen) atoms. The molecule has 2 rings (SSSR count). The number of nitrogens with one attached hydrogen (secondary N) is 2. The van der Waals surface area contributed by atoms with Gasteiger partial charge in [0.1, 0.15) is 11.9 Å². The summed E-state index contributed by atoms with van der Waals surface area (Å²) in [7, 11) is 1.82. The van der Waals surface area contributed by atoms with Crippen LogP contribution in [0.1, 0.15) is 39.2 Å². The first-order valence-corrected chi connectivity index (χ1v) is 9.43. The molecule has 0 amide bonds. The summed E-state index contributed by atoms with van der Waals surface area (Å²) in [6, 6.07) is 9.25. The van der Waals surface area contributed by atoms with E-state index in [1.54, 1.807) is 0 Å². The van der Waals surface area contributed by atoms with Crippen molar-refractivity contribution < 1.29 is 4.74 Å². The van der Waals surface area contributed by atoms with Crippen molar-refractivity contribution in [3.8, 4) is 5.75 Å². The maximum Gasteiger partial charge on any atom is 0.191 e. The predicted molar refractivity (Wildman–Crippen MR) is 121 cm³/mol. The van der Waals surface area contributed by atoms with Crippen LogP contribution in [0.15, 0.2) is 29.3 Å². The Morgan fingerprint density at radius 1 is 1.23 bits per heavy atom. The van der Waals surface area contributed by atoms with Crippen LogP contribution in [0.4, 0.5) is 0 Å². The number of likely N-dealkylation sites (tertiary alicyclic amines) is 1. The smallest absolute Gasteiger partial charge is 0.191 e. The lowest BCUT2D eigenvalue weighted by atomic mass is 10.0. The Bertz CT molecular complexity index is 556. The monoisotopic (exact) mass is 474 g/mol. The molecule has 1 heterocycles. The summed E-state index contributed by atoms with van der Waals surface area (Å²) >= 11 is 0. The van der Waals surface area contributed by atoms with Crippen LogP contribution in [0.3, 0.4) is 0 Å². The molecule has 148 valence electrons. The number of halogens is 1. The molecule has 1 aromatic rings. The van der Waals surface area contributed by atoms with E-state index in [1.165, 1.54) is 0 Å². The number of rotatable bonds is 6. The standard InChI is InChI=1S/C20H34N4O.HI/c1-15(2)24-12-10-18(11-13-24)23-20(21-5)22-14-17(4)25-19-9-7-6-8-16(19)3;/h6-9,15,17-18H,10-14H2,1-5H3,(H2,21,22,23);1H. The summed E-state index contributed by atoms with van der Waals surface area (Å²) in [6.45, 7) is 11.7. The number of para-hydroxylation sites is 1. The highest BCUT2D eigenvalue weighted by Gasteiger charge is 2.21. The van der Waals surface area contributed by atoms with Gasteiger partial charge in [-0.25, -0.2) is 0 Å². The highest BCUT2D eigenvalue weighted by Crippen LogP contribution is 2.17. The molecule has 0 radical (unpaired) electrons. The minimum Gasteiger partial charge on any atom is -0.489 e. The maximum atomic E-state index is 6.02. The minimum atomic E-state index is 0. The molecular weight excluding hydrogens is 439 g/mol. The van der Waals surface area contributed by atoms with E-state index in [0.717, 1.165) is 49.7 Å². The fourth-order valence-corrected chi connectivity index (χ4v) is 3.14.